The second kappa shape index (κ2) is 6.71. The first-order chi connectivity index (χ1) is 11.6. The summed E-state index contributed by atoms with van der Waals surface area (Å²) in [7, 11) is 1.58. The van der Waals surface area contributed by atoms with Gasteiger partial charge in [0.25, 0.3) is 5.91 Å². The lowest BCUT2D eigenvalue weighted by Crippen LogP contribution is -2.52. The van der Waals surface area contributed by atoms with Crippen LogP contribution in [0.25, 0.3) is 5.69 Å². The van der Waals surface area contributed by atoms with Crippen molar-refractivity contribution in [1.29, 1.82) is 0 Å². The molecule has 8 nitrogen and oxygen atoms in total. The zero-order valence-corrected chi connectivity index (χ0v) is 13.1. The lowest BCUT2D eigenvalue weighted by Gasteiger charge is -2.32. The van der Waals surface area contributed by atoms with Gasteiger partial charge in [0.1, 0.15) is 5.75 Å². The maximum Gasteiger partial charge on any atom is 0.328 e. The van der Waals surface area contributed by atoms with Crippen molar-refractivity contribution in [3.63, 3.8) is 0 Å². The smallest absolute Gasteiger partial charge is 0.328 e. The van der Waals surface area contributed by atoms with Crippen LogP contribution >= 0.6 is 0 Å². The highest BCUT2D eigenvalue weighted by Gasteiger charge is 2.34. The SMILES string of the molecule is COc1ccc(-n2ccc(C(=O)N3CCOC[C@@H]3C(=O)O)n2)cc1. The second-order valence-corrected chi connectivity index (χ2v) is 5.27. The summed E-state index contributed by atoms with van der Waals surface area (Å²) in [6.07, 6.45) is 1.66. The van der Waals surface area contributed by atoms with E-state index in [0.29, 0.717) is 6.61 Å². The number of hydrogen-bond acceptors (Lipinski definition) is 5. The first kappa shape index (κ1) is 16.0. The molecule has 24 heavy (non-hydrogen) atoms. The minimum absolute atomic E-state index is 0.0136. The molecule has 0 radical (unpaired) electrons. The summed E-state index contributed by atoms with van der Waals surface area (Å²) in [6.45, 7) is 0.528. The van der Waals surface area contributed by atoms with E-state index in [0.717, 1.165) is 11.4 Å². The fourth-order valence-electron chi connectivity index (χ4n) is 2.52. The number of morpholine rings is 1. The Kier molecular flexibility index (Phi) is 4.48. The second-order valence-electron chi connectivity index (χ2n) is 5.27. The van der Waals surface area contributed by atoms with Gasteiger partial charge >= 0.3 is 5.97 Å². The van der Waals surface area contributed by atoms with E-state index in [1.807, 2.05) is 12.1 Å². The van der Waals surface area contributed by atoms with Crippen LogP contribution in [0.5, 0.6) is 5.75 Å². The van der Waals surface area contributed by atoms with Crippen LogP contribution in [0, 0.1) is 0 Å². The molecule has 8 heteroatoms. The summed E-state index contributed by atoms with van der Waals surface area (Å²) in [4.78, 5) is 25.1. The Bertz CT molecular complexity index is 740. The normalized spacial score (nSPS) is 17.5. The topological polar surface area (TPSA) is 93.9 Å². The predicted octanol–water partition coefficient (Wildman–Crippen LogP) is 0.806. The van der Waals surface area contributed by atoms with Gasteiger partial charge in [-0.2, -0.15) is 5.10 Å². The van der Waals surface area contributed by atoms with Crippen LogP contribution in [0.15, 0.2) is 36.5 Å². The molecule has 1 amide bonds. The Hall–Kier alpha value is -2.87. The Balaban J connectivity index is 1.81. The standard InChI is InChI=1S/C16H17N3O5/c1-23-12-4-2-11(3-5-12)19-7-6-13(17-19)15(20)18-8-9-24-10-14(18)16(21)22/h2-7,14H,8-10H2,1H3,(H,21,22)/t14-/m1/s1. The summed E-state index contributed by atoms with van der Waals surface area (Å²) in [5, 5.41) is 13.5. The van der Waals surface area contributed by atoms with E-state index in [2.05, 4.69) is 5.10 Å². The van der Waals surface area contributed by atoms with Crippen molar-refractivity contribution in [2.45, 2.75) is 6.04 Å². The molecule has 1 atom stereocenters. The van der Waals surface area contributed by atoms with Crippen molar-refractivity contribution in [2.24, 2.45) is 0 Å². The lowest BCUT2D eigenvalue weighted by atomic mass is 10.2. The van der Waals surface area contributed by atoms with Crippen molar-refractivity contribution in [1.82, 2.24) is 14.7 Å². The van der Waals surface area contributed by atoms with Crippen LogP contribution in [0.4, 0.5) is 0 Å². The third-order valence-electron chi connectivity index (χ3n) is 3.82. The number of amides is 1. The Morgan fingerprint density at radius 1 is 1.29 bits per heavy atom. The van der Waals surface area contributed by atoms with Gasteiger partial charge in [-0.3, -0.25) is 4.79 Å². The molecule has 0 spiro atoms. The third kappa shape index (κ3) is 3.09. The third-order valence-corrected chi connectivity index (χ3v) is 3.82. The van der Waals surface area contributed by atoms with Crippen LogP contribution < -0.4 is 4.74 Å². The molecule has 2 heterocycles. The van der Waals surface area contributed by atoms with Gasteiger partial charge in [0, 0.05) is 12.7 Å². The first-order valence-electron chi connectivity index (χ1n) is 7.42. The molecule has 126 valence electrons. The van der Waals surface area contributed by atoms with Crippen molar-refractivity contribution in [3.8, 4) is 11.4 Å². The van der Waals surface area contributed by atoms with Crippen LogP contribution in [0.3, 0.4) is 0 Å². The van der Waals surface area contributed by atoms with Gasteiger partial charge in [-0.25, -0.2) is 9.48 Å². The molecule has 1 aliphatic heterocycles. The van der Waals surface area contributed by atoms with Crippen molar-refractivity contribution >= 4 is 11.9 Å². The molecule has 1 aromatic carbocycles. The quantitative estimate of drug-likeness (QED) is 0.891. The highest BCUT2D eigenvalue weighted by molar-refractivity contribution is 5.95. The molecule has 1 saturated heterocycles. The van der Waals surface area contributed by atoms with Gasteiger partial charge in [-0.1, -0.05) is 0 Å². The number of carboxylic acids is 1. The van der Waals surface area contributed by atoms with Crippen molar-refractivity contribution < 1.29 is 24.2 Å². The number of carbonyl (C=O) groups excluding carboxylic acids is 1. The summed E-state index contributed by atoms with van der Waals surface area (Å²) in [5.41, 5.74) is 0.964. The first-order valence-corrected chi connectivity index (χ1v) is 7.42. The lowest BCUT2D eigenvalue weighted by molar-refractivity contribution is -0.147. The maximum atomic E-state index is 12.6. The fraction of sp³-hybridized carbons (Fsp3) is 0.312. The molecule has 0 saturated carbocycles. The molecule has 1 aliphatic rings. The number of methoxy groups -OCH3 is 1. The van der Waals surface area contributed by atoms with Gasteiger partial charge in [0.2, 0.25) is 0 Å². The number of rotatable bonds is 4. The van der Waals surface area contributed by atoms with Crippen LogP contribution in [-0.2, 0) is 9.53 Å². The largest absolute Gasteiger partial charge is 0.497 e. The minimum atomic E-state index is -1.09. The van der Waals surface area contributed by atoms with E-state index >= 15 is 0 Å². The molecule has 3 rings (SSSR count). The van der Waals surface area contributed by atoms with Crippen LogP contribution in [0.2, 0.25) is 0 Å². The van der Waals surface area contributed by atoms with Gasteiger partial charge in [-0.05, 0) is 30.3 Å². The monoisotopic (exact) mass is 331 g/mol. The molecule has 0 bridgehead atoms. The number of benzene rings is 1. The molecule has 1 fully saturated rings. The highest BCUT2D eigenvalue weighted by atomic mass is 16.5. The van der Waals surface area contributed by atoms with E-state index in [-0.39, 0.29) is 18.8 Å². The average molecular weight is 331 g/mol. The molecular weight excluding hydrogens is 314 g/mol. The zero-order chi connectivity index (χ0) is 17.1. The Morgan fingerprint density at radius 2 is 2.04 bits per heavy atom. The number of aromatic nitrogens is 2. The summed E-state index contributed by atoms with van der Waals surface area (Å²) in [6, 6.07) is 7.80. The number of hydrogen-bond donors (Lipinski definition) is 1. The van der Waals surface area contributed by atoms with E-state index < -0.39 is 17.9 Å². The maximum absolute atomic E-state index is 12.6. The minimum Gasteiger partial charge on any atom is -0.497 e. The fourth-order valence-corrected chi connectivity index (χ4v) is 2.52. The highest BCUT2D eigenvalue weighted by Crippen LogP contribution is 2.16. The van der Waals surface area contributed by atoms with Crippen molar-refractivity contribution in [2.75, 3.05) is 26.9 Å². The van der Waals surface area contributed by atoms with Gasteiger partial charge in [-0.15, -0.1) is 0 Å². The Morgan fingerprint density at radius 3 is 2.71 bits per heavy atom. The number of carboxylic acid groups (broad SMARTS) is 1. The summed E-state index contributed by atoms with van der Waals surface area (Å²) >= 11 is 0. The van der Waals surface area contributed by atoms with Crippen LogP contribution in [-0.4, -0.2) is 64.6 Å². The molecular formula is C16H17N3O5. The molecule has 1 N–H and O–H groups in total. The molecule has 2 aromatic rings. The molecule has 0 unspecified atom stereocenters. The predicted molar refractivity (Wildman–Crippen MR) is 83.4 cm³/mol. The summed E-state index contributed by atoms with van der Waals surface area (Å²) < 4.78 is 11.8. The van der Waals surface area contributed by atoms with Gasteiger partial charge < -0.3 is 19.5 Å². The molecule has 1 aromatic heterocycles. The van der Waals surface area contributed by atoms with Gasteiger partial charge in [0.05, 0.1) is 26.0 Å². The number of ether oxygens (including phenoxy) is 2. The van der Waals surface area contributed by atoms with Gasteiger partial charge in [0.15, 0.2) is 11.7 Å². The average Bonchev–Trinajstić information content (AvgIpc) is 3.11. The van der Waals surface area contributed by atoms with Crippen LogP contribution in [0.1, 0.15) is 10.5 Å². The summed E-state index contributed by atoms with van der Waals surface area (Å²) in [5.74, 6) is -0.782. The van der Waals surface area contributed by atoms with E-state index in [4.69, 9.17) is 9.47 Å². The van der Waals surface area contributed by atoms with Crippen molar-refractivity contribution in [3.05, 3.63) is 42.2 Å². The van der Waals surface area contributed by atoms with E-state index in [1.165, 1.54) is 4.90 Å². The number of aliphatic carboxylic acids is 1. The molecule has 0 aliphatic carbocycles. The zero-order valence-electron chi connectivity index (χ0n) is 13.1. The number of carbonyl (C=O) groups is 2. The van der Waals surface area contributed by atoms with E-state index in [1.54, 1.807) is 36.2 Å². The van der Waals surface area contributed by atoms with E-state index in [9.17, 15) is 14.7 Å². The number of nitrogens with zero attached hydrogens (tertiary/aromatic N) is 3. The Labute approximate surface area is 138 Å².